The molecule has 3 N–H and O–H groups in total. The molecule has 0 aliphatic heterocycles. The van der Waals surface area contributed by atoms with Gasteiger partial charge in [-0.1, -0.05) is 18.7 Å². The van der Waals surface area contributed by atoms with Gasteiger partial charge in [0, 0.05) is 5.75 Å². The molecule has 1 rings (SSSR count). The number of rotatable bonds is 6. The van der Waals surface area contributed by atoms with Crippen molar-refractivity contribution in [3.8, 4) is 0 Å². The van der Waals surface area contributed by atoms with Crippen LogP contribution >= 0.6 is 11.8 Å². The molecule has 0 spiro atoms. The number of amides is 1. The molecule has 0 radical (unpaired) electrons. The Kier molecular flexibility index (Phi) is 4.64. The molecule has 0 bridgehead atoms. The molecular formula is C9H15N3O2S. The van der Waals surface area contributed by atoms with Gasteiger partial charge in [0.05, 0.1) is 11.7 Å². The highest BCUT2D eigenvalue weighted by Gasteiger charge is 2.15. The van der Waals surface area contributed by atoms with Crippen LogP contribution in [0, 0.1) is 6.92 Å². The summed E-state index contributed by atoms with van der Waals surface area (Å²) < 4.78 is 5.14. The lowest BCUT2D eigenvalue weighted by Gasteiger charge is -2.11. The number of hydrogen-bond donors (Lipinski definition) is 2. The van der Waals surface area contributed by atoms with Crippen LogP contribution in [-0.4, -0.2) is 29.2 Å². The number of primary amides is 1. The number of thioether (sulfide) groups is 1. The molecule has 84 valence electrons. The van der Waals surface area contributed by atoms with Crippen LogP contribution in [0.4, 0.5) is 0 Å². The average Bonchev–Trinajstić information content (AvgIpc) is 2.58. The molecule has 1 aromatic heterocycles. The van der Waals surface area contributed by atoms with Gasteiger partial charge in [-0.2, -0.15) is 0 Å². The molecular weight excluding hydrogens is 214 g/mol. The molecule has 1 amide bonds. The van der Waals surface area contributed by atoms with E-state index in [4.69, 9.17) is 10.2 Å². The van der Waals surface area contributed by atoms with Gasteiger partial charge >= 0.3 is 0 Å². The first kappa shape index (κ1) is 12.1. The third-order valence-corrected chi connectivity index (χ3v) is 2.70. The van der Waals surface area contributed by atoms with E-state index in [-0.39, 0.29) is 11.9 Å². The van der Waals surface area contributed by atoms with E-state index < -0.39 is 0 Å². The van der Waals surface area contributed by atoms with Crippen molar-refractivity contribution < 1.29 is 9.21 Å². The molecule has 15 heavy (non-hydrogen) atoms. The fourth-order valence-corrected chi connectivity index (χ4v) is 1.96. The second kappa shape index (κ2) is 5.77. The quantitative estimate of drug-likeness (QED) is 0.696. The smallest absolute Gasteiger partial charge is 0.255 e. The summed E-state index contributed by atoms with van der Waals surface area (Å²) in [5.74, 6) is 0.177. The lowest BCUT2D eigenvalue weighted by molar-refractivity contribution is -0.119. The number of aryl methyl sites for hydroxylation is 1. The third-order valence-electron chi connectivity index (χ3n) is 1.77. The monoisotopic (exact) mass is 229 g/mol. The molecule has 0 aliphatic carbocycles. The van der Waals surface area contributed by atoms with Crippen molar-refractivity contribution in [3.63, 3.8) is 0 Å². The molecule has 0 saturated carbocycles. The first-order valence-electron chi connectivity index (χ1n) is 4.71. The number of nitrogens with zero attached hydrogens (tertiary/aromatic N) is 1. The van der Waals surface area contributed by atoms with Crippen LogP contribution in [0.3, 0.4) is 0 Å². The molecule has 0 aromatic carbocycles. The van der Waals surface area contributed by atoms with Gasteiger partial charge in [-0.15, -0.1) is 0 Å². The largest absolute Gasteiger partial charge is 0.440 e. The number of oxazole rings is 1. The van der Waals surface area contributed by atoms with Crippen LogP contribution in [-0.2, 0) is 4.79 Å². The van der Waals surface area contributed by atoms with E-state index in [1.165, 1.54) is 11.8 Å². The zero-order valence-electron chi connectivity index (χ0n) is 8.82. The SMILES string of the molecule is CCNC(CSc1nc(C)co1)C(N)=O. The highest BCUT2D eigenvalue weighted by atomic mass is 32.2. The summed E-state index contributed by atoms with van der Waals surface area (Å²) in [6, 6.07) is -0.341. The molecule has 1 aromatic rings. The Morgan fingerprint density at radius 3 is 3.00 bits per heavy atom. The van der Waals surface area contributed by atoms with E-state index in [2.05, 4.69) is 10.3 Å². The maximum atomic E-state index is 11.0. The number of hydrogen-bond acceptors (Lipinski definition) is 5. The summed E-state index contributed by atoms with van der Waals surface area (Å²) in [7, 11) is 0. The summed E-state index contributed by atoms with van der Waals surface area (Å²) in [4.78, 5) is 15.1. The standard InChI is InChI=1S/C9H15N3O2S/c1-3-11-7(8(10)13)5-15-9-12-6(2)4-14-9/h4,7,11H,3,5H2,1-2H3,(H2,10,13). The van der Waals surface area contributed by atoms with Crippen molar-refractivity contribution in [1.29, 1.82) is 0 Å². The highest BCUT2D eigenvalue weighted by Crippen LogP contribution is 2.17. The molecule has 5 nitrogen and oxygen atoms in total. The van der Waals surface area contributed by atoms with Crippen LogP contribution in [0.2, 0.25) is 0 Å². The zero-order chi connectivity index (χ0) is 11.3. The van der Waals surface area contributed by atoms with Gasteiger partial charge in [-0.05, 0) is 13.5 Å². The van der Waals surface area contributed by atoms with E-state index in [0.717, 1.165) is 5.69 Å². The van der Waals surface area contributed by atoms with Crippen LogP contribution in [0.5, 0.6) is 0 Å². The van der Waals surface area contributed by atoms with Gasteiger partial charge in [0.1, 0.15) is 6.26 Å². The van der Waals surface area contributed by atoms with Crippen molar-refractivity contribution in [2.45, 2.75) is 25.1 Å². The zero-order valence-corrected chi connectivity index (χ0v) is 9.63. The van der Waals surface area contributed by atoms with Gasteiger partial charge in [0.25, 0.3) is 5.22 Å². The summed E-state index contributed by atoms with van der Waals surface area (Å²) >= 11 is 1.38. The lowest BCUT2D eigenvalue weighted by atomic mass is 10.3. The summed E-state index contributed by atoms with van der Waals surface area (Å²) in [6.07, 6.45) is 1.58. The number of nitrogens with two attached hydrogens (primary N) is 1. The molecule has 1 atom stereocenters. The summed E-state index contributed by atoms with van der Waals surface area (Å²) in [5, 5.41) is 3.56. The topological polar surface area (TPSA) is 81.2 Å². The second-order valence-corrected chi connectivity index (χ2v) is 4.05. The third kappa shape index (κ3) is 3.93. The Bertz CT molecular complexity index is 327. The van der Waals surface area contributed by atoms with Crippen molar-refractivity contribution >= 4 is 17.7 Å². The van der Waals surface area contributed by atoms with Crippen LogP contribution < -0.4 is 11.1 Å². The minimum atomic E-state index is -0.354. The van der Waals surface area contributed by atoms with Crippen molar-refractivity contribution in [1.82, 2.24) is 10.3 Å². The molecule has 1 unspecified atom stereocenters. The first-order valence-corrected chi connectivity index (χ1v) is 5.69. The minimum absolute atomic E-state index is 0.341. The molecule has 0 saturated heterocycles. The van der Waals surface area contributed by atoms with Crippen molar-refractivity contribution in [3.05, 3.63) is 12.0 Å². The van der Waals surface area contributed by atoms with Gasteiger partial charge in [-0.3, -0.25) is 4.79 Å². The Balaban J connectivity index is 2.43. The van der Waals surface area contributed by atoms with E-state index in [1.807, 2.05) is 13.8 Å². The van der Waals surface area contributed by atoms with E-state index in [1.54, 1.807) is 6.26 Å². The Labute approximate surface area is 92.8 Å². The molecule has 1 heterocycles. The molecule has 6 heteroatoms. The fourth-order valence-electron chi connectivity index (χ4n) is 1.04. The Morgan fingerprint density at radius 2 is 2.53 bits per heavy atom. The van der Waals surface area contributed by atoms with Gasteiger partial charge in [-0.25, -0.2) is 4.98 Å². The predicted octanol–water partition coefficient (Wildman–Crippen LogP) is 0.539. The number of likely N-dealkylation sites (N-methyl/N-ethyl adjacent to an activating group) is 1. The minimum Gasteiger partial charge on any atom is -0.440 e. The normalized spacial score (nSPS) is 12.7. The van der Waals surface area contributed by atoms with Crippen molar-refractivity contribution in [2.75, 3.05) is 12.3 Å². The Hall–Kier alpha value is -1.01. The first-order chi connectivity index (χ1) is 7.13. The molecule has 0 aliphatic rings. The van der Waals surface area contributed by atoms with E-state index >= 15 is 0 Å². The number of carbonyl (C=O) groups excluding carboxylic acids is 1. The summed E-state index contributed by atoms with van der Waals surface area (Å²) in [5.41, 5.74) is 6.06. The fraction of sp³-hybridized carbons (Fsp3) is 0.556. The highest BCUT2D eigenvalue weighted by molar-refractivity contribution is 7.99. The van der Waals surface area contributed by atoms with Gasteiger partial charge in [0.2, 0.25) is 5.91 Å². The number of nitrogens with one attached hydrogen (secondary N) is 1. The van der Waals surface area contributed by atoms with E-state index in [9.17, 15) is 4.79 Å². The van der Waals surface area contributed by atoms with Gasteiger partial charge < -0.3 is 15.5 Å². The predicted molar refractivity (Wildman–Crippen MR) is 58.6 cm³/mol. The summed E-state index contributed by atoms with van der Waals surface area (Å²) in [6.45, 7) is 4.48. The average molecular weight is 229 g/mol. The van der Waals surface area contributed by atoms with Crippen LogP contribution in [0.1, 0.15) is 12.6 Å². The van der Waals surface area contributed by atoms with Crippen LogP contribution in [0.25, 0.3) is 0 Å². The lowest BCUT2D eigenvalue weighted by Crippen LogP contribution is -2.43. The second-order valence-electron chi connectivity index (χ2n) is 3.08. The maximum Gasteiger partial charge on any atom is 0.255 e. The van der Waals surface area contributed by atoms with Crippen molar-refractivity contribution in [2.24, 2.45) is 5.73 Å². The Morgan fingerprint density at radius 1 is 1.80 bits per heavy atom. The van der Waals surface area contributed by atoms with E-state index in [0.29, 0.717) is 17.5 Å². The molecule has 0 fully saturated rings. The number of carbonyl (C=O) groups is 1. The number of aromatic nitrogens is 1. The maximum absolute atomic E-state index is 11.0. The van der Waals surface area contributed by atoms with Crippen LogP contribution in [0.15, 0.2) is 15.9 Å². The van der Waals surface area contributed by atoms with Gasteiger partial charge in [0.15, 0.2) is 0 Å².